The van der Waals surface area contributed by atoms with Gasteiger partial charge in [-0.25, -0.2) is 0 Å². The Balaban J connectivity index is 1.82. The molecule has 2 aliphatic rings. The van der Waals surface area contributed by atoms with Crippen LogP contribution in [0.15, 0.2) is 0 Å². The molecule has 2 N–H and O–H groups in total. The van der Waals surface area contributed by atoms with Crippen LogP contribution in [0.1, 0.15) is 45.4 Å². The fourth-order valence-electron chi connectivity index (χ4n) is 3.65. The molecule has 1 atom stereocenters. The van der Waals surface area contributed by atoms with Crippen LogP contribution in [0, 0.1) is 11.3 Å². The van der Waals surface area contributed by atoms with E-state index < -0.39 is 0 Å². The average molecular weight is 254 g/mol. The van der Waals surface area contributed by atoms with E-state index >= 15 is 0 Å². The number of hydrogen-bond donors (Lipinski definition) is 2. The molecule has 2 rings (SSSR count). The highest BCUT2D eigenvalue weighted by atomic mass is 16.3. The van der Waals surface area contributed by atoms with Crippen molar-refractivity contribution in [3.8, 4) is 0 Å². The number of nitrogens with zero attached hydrogens (tertiary/aromatic N) is 1. The van der Waals surface area contributed by atoms with E-state index in [0.29, 0.717) is 12.0 Å². The van der Waals surface area contributed by atoms with Crippen LogP contribution in [0.4, 0.5) is 0 Å². The van der Waals surface area contributed by atoms with Crippen molar-refractivity contribution in [2.45, 2.75) is 45.4 Å². The minimum atomic E-state index is 0.302. The highest BCUT2D eigenvalue weighted by Gasteiger charge is 2.31. The largest absolute Gasteiger partial charge is 0.395 e. The fraction of sp³-hybridized carbons (Fsp3) is 1.00. The molecule has 1 aliphatic heterocycles. The summed E-state index contributed by atoms with van der Waals surface area (Å²) in [7, 11) is 0. The van der Waals surface area contributed by atoms with Gasteiger partial charge in [-0.3, -0.25) is 0 Å². The summed E-state index contributed by atoms with van der Waals surface area (Å²) in [4.78, 5) is 2.52. The van der Waals surface area contributed by atoms with Crippen molar-refractivity contribution in [2.75, 3.05) is 39.3 Å². The van der Waals surface area contributed by atoms with Gasteiger partial charge in [-0.2, -0.15) is 0 Å². The monoisotopic (exact) mass is 254 g/mol. The summed E-state index contributed by atoms with van der Waals surface area (Å²) in [5.41, 5.74) is 0.420. The fourth-order valence-corrected chi connectivity index (χ4v) is 3.65. The molecule has 1 saturated carbocycles. The molecule has 0 aromatic rings. The molecule has 0 bridgehead atoms. The van der Waals surface area contributed by atoms with Gasteiger partial charge in [0.15, 0.2) is 0 Å². The Kier molecular flexibility index (Phi) is 5.46. The Labute approximate surface area is 112 Å². The molecule has 0 aromatic heterocycles. The van der Waals surface area contributed by atoms with Gasteiger partial charge in [0.2, 0.25) is 0 Å². The average Bonchev–Trinajstić information content (AvgIpc) is 2.77. The highest BCUT2D eigenvalue weighted by molar-refractivity contribution is 4.87. The summed E-state index contributed by atoms with van der Waals surface area (Å²) >= 11 is 0. The van der Waals surface area contributed by atoms with Gasteiger partial charge in [-0.05, 0) is 37.1 Å². The van der Waals surface area contributed by atoms with Crippen LogP contribution in [-0.2, 0) is 0 Å². The van der Waals surface area contributed by atoms with E-state index in [2.05, 4.69) is 17.1 Å². The molecule has 1 heterocycles. The molecule has 1 saturated heterocycles. The normalized spacial score (nSPS) is 30.2. The molecule has 2 fully saturated rings. The van der Waals surface area contributed by atoms with Crippen molar-refractivity contribution in [3.05, 3.63) is 0 Å². The van der Waals surface area contributed by atoms with E-state index in [-0.39, 0.29) is 0 Å². The van der Waals surface area contributed by atoms with E-state index in [1.54, 1.807) is 0 Å². The molecule has 0 spiro atoms. The summed E-state index contributed by atoms with van der Waals surface area (Å²) in [5.74, 6) is 0.878. The van der Waals surface area contributed by atoms with Crippen molar-refractivity contribution in [1.29, 1.82) is 0 Å². The molecule has 3 nitrogen and oxygen atoms in total. The van der Waals surface area contributed by atoms with E-state index in [1.165, 1.54) is 45.1 Å². The minimum absolute atomic E-state index is 0.302. The van der Waals surface area contributed by atoms with Crippen molar-refractivity contribution in [2.24, 2.45) is 11.3 Å². The first-order valence-corrected chi connectivity index (χ1v) is 7.76. The van der Waals surface area contributed by atoms with Gasteiger partial charge < -0.3 is 15.3 Å². The Morgan fingerprint density at radius 1 is 1.28 bits per heavy atom. The SMILES string of the molecule is CC1(CN(CCO)CC2CCCCC2)CCNC1. The number of nitrogens with one attached hydrogen (secondary N) is 1. The maximum atomic E-state index is 9.27. The van der Waals surface area contributed by atoms with Gasteiger partial charge in [0.25, 0.3) is 0 Å². The third kappa shape index (κ3) is 4.22. The highest BCUT2D eigenvalue weighted by Crippen LogP contribution is 2.28. The Morgan fingerprint density at radius 2 is 2.06 bits per heavy atom. The smallest absolute Gasteiger partial charge is 0.0558 e. The maximum Gasteiger partial charge on any atom is 0.0558 e. The van der Waals surface area contributed by atoms with Gasteiger partial charge in [-0.1, -0.05) is 26.2 Å². The van der Waals surface area contributed by atoms with Gasteiger partial charge in [0, 0.05) is 26.2 Å². The predicted octanol–water partition coefficient (Wildman–Crippen LogP) is 1.86. The summed E-state index contributed by atoms with van der Waals surface area (Å²) in [6.45, 7) is 8.19. The molecule has 0 amide bonds. The van der Waals surface area contributed by atoms with E-state index in [9.17, 15) is 5.11 Å². The topological polar surface area (TPSA) is 35.5 Å². The Bertz CT molecular complexity index is 233. The van der Waals surface area contributed by atoms with Crippen molar-refractivity contribution in [1.82, 2.24) is 10.2 Å². The first-order chi connectivity index (χ1) is 8.72. The van der Waals surface area contributed by atoms with Crippen molar-refractivity contribution >= 4 is 0 Å². The lowest BCUT2D eigenvalue weighted by Gasteiger charge is -2.35. The third-order valence-electron chi connectivity index (χ3n) is 4.72. The second kappa shape index (κ2) is 6.88. The van der Waals surface area contributed by atoms with Crippen LogP contribution >= 0.6 is 0 Å². The van der Waals surface area contributed by atoms with Crippen molar-refractivity contribution < 1.29 is 5.11 Å². The first-order valence-electron chi connectivity index (χ1n) is 7.76. The number of aliphatic hydroxyl groups is 1. The lowest BCUT2D eigenvalue weighted by molar-refractivity contribution is 0.117. The van der Waals surface area contributed by atoms with Crippen molar-refractivity contribution in [3.63, 3.8) is 0 Å². The third-order valence-corrected chi connectivity index (χ3v) is 4.72. The van der Waals surface area contributed by atoms with Gasteiger partial charge in [0.05, 0.1) is 6.61 Å². The van der Waals surface area contributed by atoms with E-state index in [4.69, 9.17) is 0 Å². The van der Waals surface area contributed by atoms with Crippen LogP contribution < -0.4 is 5.32 Å². The van der Waals surface area contributed by atoms with Crippen LogP contribution in [0.25, 0.3) is 0 Å². The molecule has 0 aromatic carbocycles. The van der Waals surface area contributed by atoms with Crippen LogP contribution in [0.5, 0.6) is 0 Å². The lowest BCUT2D eigenvalue weighted by Crippen LogP contribution is -2.41. The van der Waals surface area contributed by atoms with Crippen LogP contribution in [-0.4, -0.2) is 49.3 Å². The van der Waals surface area contributed by atoms with Gasteiger partial charge in [-0.15, -0.1) is 0 Å². The molecule has 1 unspecified atom stereocenters. The van der Waals surface area contributed by atoms with E-state index in [0.717, 1.165) is 32.1 Å². The van der Waals surface area contributed by atoms with Gasteiger partial charge >= 0.3 is 0 Å². The number of aliphatic hydroxyl groups excluding tert-OH is 1. The molecular weight excluding hydrogens is 224 g/mol. The quantitative estimate of drug-likeness (QED) is 0.759. The molecular formula is C15H30N2O. The summed E-state index contributed by atoms with van der Waals surface area (Å²) < 4.78 is 0. The molecule has 106 valence electrons. The molecule has 0 radical (unpaired) electrons. The summed E-state index contributed by atoms with van der Waals surface area (Å²) in [6.07, 6.45) is 8.33. The Hall–Kier alpha value is -0.120. The number of hydrogen-bond acceptors (Lipinski definition) is 3. The first kappa shape index (κ1) is 14.3. The zero-order valence-electron chi connectivity index (χ0n) is 12.0. The lowest BCUT2D eigenvalue weighted by atomic mass is 9.86. The zero-order valence-corrected chi connectivity index (χ0v) is 12.0. The molecule has 1 aliphatic carbocycles. The Morgan fingerprint density at radius 3 is 2.67 bits per heavy atom. The van der Waals surface area contributed by atoms with Gasteiger partial charge in [0.1, 0.15) is 0 Å². The van der Waals surface area contributed by atoms with E-state index in [1.807, 2.05) is 0 Å². The van der Waals surface area contributed by atoms with Crippen LogP contribution in [0.3, 0.4) is 0 Å². The second-order valence-corrected chi connectivity index (χ2v) is 6.70. The summed E-state index contributed by atoms with van der Waals surface area (Å²) in [5, 5.41) is 12.7. The standard InChI is InChI=1S/C15H30N2O/c1-15(7-8-16-12-15)13-17(9-10-18)11-14-5-3-2-4-6-14/h14,16,18H,2-13H2,1H3. The number of rotatable bonds is 6. The summed E-state index contributed by atoms with van der Waals surface area (Å²) in [6, 6.07) is 0. The predicted molar refractivity (Wildman–Crippen MR) is 75.7 cm³/mol. The van der Waals surface area contributed by atoms with Crippen LogP contribution in [0.2, 0.25) is 0 Å². The molecule has 18 heavy (non-hydrogen) atoms. The maximum absolute atomic E-state index is 9.27. The minimum Gasteiger partial charge on any atom is -0.395 e. The zero-order chi connectivity index (χ0) is 12.8. The second-order valence-electron chi connectivity index (χ2n) is 6.70. The molecule has 3 heteroatoms.